The van der Waals surface area contributed by atoms with Crippen molar-refractivity contribution in [2.45, 2.75) is 76.9 Å². The lowest BCUT2D eigenvalue weighted by atomic mass is 9.65. The zero-order valence-electron chi connectivity index (χ0n) is 15.0. The molecule has 0 aromatic heterocycles. The summed E-state index contributed by atoms with van der Waals surface area (Å²) >= 11 is 0. The number of hydrogen-bond donors (Lipinski definition) is 0. The minimum absolute atomic E-state index is 0.187. The van der Waals surface area contributed by atoms with E-state index < -0.39 is 0 Å². The summed E-state index contributed by atoms with van der Waals surface area (Å²) in [7, 11) is 6.31. The molecule has 23 heavy (non-hydrogen) atoms. The maximum absolute atomic E-state index is 6.31. The van der Waals surface area contributed by atoms with Gasteiger partial charge in [-0.05, 0) is 42.9 Å². The first-order valence-electron chi connectivity index (χ1n) is 9.41. The first-order valence-corrected chi connectivity index (χ1v) is 9.41. The van der Waals surface area contributed by atoms with Crippen molar-refractivity contribution < 1.29 is 0 Å². The van der Waals surface area contributed by atoms with Crippen molar-refractivity contribution in [1.82, 2.24) is 0 Å². The van der Waals surface area contributed by atoms with E-state index in [4.69, 9.17) is 7.85 Å². The van der Waals surface area contributed by atoms with Gasteiger partial charge in [-0.15, -0.1) is 0 Å². The van der Waals surface area contributed by atoms with Crippen molar-refractivity contribution in [1.29, 1.82) is 0 Å². The molecule has 0 N–H and O–H groups in total. The van der Waals surface area contributed by atoms with Gasteiger partial charge in [-0.2, -0.15) is 0 Å². The number of hydrogen-bond acceptors (Lipinski definition) is 0. The lowest BCUT2D eigenvalue weighted by Gasteiger charge is -2.36. The standard InChI is InChI=1S/C22H29B/c1-4-6-12-22(13-7-5-2)20-14-16(3)8-10-18(20)19-11-9-17(23)15-21(19)22/h8-11,14,17H,4-7,12-13,15H2,1-3H3. The van der Waals surface area contributed by atoms with E-state index in [9.17, 15) is 0 Å². The Balaban J connectivity index is 2.15. The zero-order valence-corrected chi connectivity index (χ0v) is 15.0. The van der Waals surface area contributed by atoms with Gasteiger partial charge in [-0.25, -0.2) is 0 Å². The predicted octanol–water partition coefficient (Wildman–Crippen LogP) is 6.30. The van der Waals surface area contributed by atoms with E-state index in [1.54, 1.807) is 11.1 Å². The summed E-state index contributed by atoms with van der Waals surface area (Å²) in [5, 5.41) is 0. The monoisotopic (exact) mass is 304 g/mol. The van der Waals surface area contributed by atoms with E-state index in [0.29, 0.717) is 0 Å². The van der Waals surface area contributed by atoms with Crippen LogP contribution in [0.4, 0.5) is 0 Å². The summed E-state index contributed by atoms with van der Waals surface area (Å²) in [6, 6.07) is 7.07. The van der Waals surface area contributed by atoms with Gasteiger partial charge in [-0.1, -0.05) is 86.8 Å². The van der Waals surface area contributed by atoms with E-state index in [2.05, 4.69) is 51.1 Å². The quantitative estimate of drug-likeness (QED) is 0.541. The molecule has 0 aliphatic heterocycles. The van der Waals surface area contributed by atoms with Crippen molar-refractivity contribution in [3.05, 3.63) is 52.6 Å². The van der Waals surface area contributed by atoms with Crippen LogP contribution in [0, 0.1) is 6.92 Å². The minimum atomic E-state index is 0.187. The summed E-state index contributed by atoms with van der Waals surface area (Å²) in [6.07, 6.45) is 13.2. The van der Waals surface area contributed by atoms with Gasteiger partial charge in [0.15, 0.2) is 0 Å². The summed E-state index contributed by atoms with van der Waals surface area (Å²) in [4.78, 5) is 0. The summed E-state index contributed by atoms with van der Waals surface area (Å²) < 4.78 is 0. The van der Waals surface area contributed by atoms with Crippen LogP contribution in [0.1, 0.15) is 75.5 Å². The molecule has 2 radical (unpaired) electrons. The molecule has 0 nitrogen and oxygen atoms in total. The highest BCUT2D eigenvalue weighted by Crippen LogP contribution is 2.56. The molecule has 0 spiro atoms. The average Bonchev–Trinajstić information content (AvgIpc) is 2.80. The van der Waals surface area contributed by atoms with Crippen LogP contribution >= 0.6 is 0 Å². The second-order valence-corrected chi connectivity index (χ2v) is 7.46. The van der Waals surface area contributed by atoms with Crippen molar-refractivity contribution >= 4 is 13.4 Å². The molecule has 1 unspecified atom stereocenters. The normalized spacial score (nSPS) is 21.4. The van der Waals surface area contributed by atoms with Crippen molar-refractivity contribution in [3.8, 4) is 0 Å². The SMILES string of the molecule is [B]C1C=CC2=C(C1)C(CCCC)(CCCC)c1cc(C)ccc12. The molecule has 0 fully saturated rings. The maximum atomic E-state index is 6.31. The van der Waals surface area contributed by atoms with Crippen LogP contribution in [0.15, 0.2) is 35.9 Å². The van der Waals surface area contributed by atoms with Gasteiger partial charge in [0.05, 0.1) is 7.85 Å². The highest BCUT2D eigenvalue weighted by Gasteiger charge is 2.44. The first kappa shape index (κ1) is 16.6. The Morgan fingerprint density at radius 2 is 1.83 bits per heavy atom. The van der Waals surface area contributed by atoms with E-state index in [1.165, 1.54) is 55.2 Å². The van der Waals surface area contributed by atoms with Crippen LogP contribution in [-0.4, -0.2) is 7.85 Å². The van der Waals surface area contributed by atoms with E-state index in [0.717, 1.165) is 6.42 Å². The van der Waals surface area contributed by atoms with Gasteiger partial charge >= 0.3 is 0 Å². The second-order valence-electron chi connectivity index (χ2n) is 7.46. The van der Waals surface area contributed by atoms with E-state index in [1.807, 2.05) is 0 Å². The topological polar surface area (TPSA) is 0 Å². The molecule has 1 aromatic carbocycles. The molecule has 0 saturated heterocycles. The molecule has 0 heterocycles. The van der Waals surface area contributed by atoms with E-state index >= 15 is 0 Å². The van der Waals surface area contributed by atoms with Gasteiger partial charge < -0.3 is 0 Å². The van der Waals surface area contributed by atoms with Crippen LogP contribution in [0.25, 0.3) is 5.57 Å². The fraction of sp³-hybridized carbons (Fsp3) is 0.545. The molecule has 1 aromatic rings. The molecule has 3 rings (SSSR count). The lowest BCUT2D eigenvalue weighted by Crippen LogP contribution is -2.28. The number of unbranched alkanes of at least 4 members (excludes halogenated alkanes) is 2. The Bertz CT molecular complexity index is 627. The summed E-state index contributed by atoms with van der Waals surface area (Å²) in [6.45, 7) is 6.84. The van der Waals surface area contributed by atoms with Crippen LogP contribution in [-0.2, 0) is 5.41 Å². The fourth-order valence-corrected chi connectivity index (χ4v) is 4.54. The lowest BCUT2D eigenvalue weighted by molar-refractivity contribution is 0.394. The van der Waals surface area contributed by atoms with Crippen molar-refractivity contribution in [2.75, 3.05) is 0 Å². The Hall–Kier alpha value is -1.24. The third-order valence-electron chi connectivity index (χ3n) is 5.75. The Labute approximate surface area is 143 Å². The van der Waals surface area contributed by atoms with Crippen LogP contribution in [0.3, 0.4) is 0 Å². The molecule has 0 amide bonds. The average molecular weight is 304 g/mol. The summed E-state index contributed by atoms with van der Waals surface area (Å²) in [5.74, 6) is 0.187. The molecule has 2 aliphatic carbocycles. The number of aryl methyl sites for hydroxylation is 1. The molecule has 0 bridgehead atoms. The molecule has 1 atom stereocenters. The fourth-order valence-electron chi connectivity index (χ4n) is 4.54. The molecule has 1 heteroatoms. The van der Waals surface area contributed by atoms with Gasteiger partial charge in [-0.3, -0.25) is 0 Å². The number of rotatable bonds is 6. The smallest absolute Gasteiger partial charge is 0.0759 e. The molecule has 2 aliphatic rings. The molecular weight excluding hydrogens is 275 g/mol. The third-order valence-corrected chi connectivity index (χ3v) is 5.75. The number of benzene rings is 1. The van der Waals surface area contributed by atoms with Crippen molar-refractivity contribution in [3.63, 3.8) is 0 Å². The third kappa shape index (κ3) is 2.84. The Morgan fingerprint density at radius 1 is 1.13 bits per heavy atom. The number of fused-ring (bicyclic) bond motifs is 2. The first-order chi connectivity index (χ1) is 11.1. The van der Waals surface area contributed by atoms with Gasteiger partial charge in [0, 0.05) is 5.41 Å². The maximum Gasteiger partial charge on any atom is 0.0759 e. The van der Waals surface area contributed by atoms with Gasteiger partial charge in [0.25, 0.3) is 0 Å². The second kappa shape index (κ2) is 6.71. The summed E-state index contributed by atoms with van der Waals surface area (Å²) in [5.41, 5.74) is 7.80. The van der Waals surface area contributed by atoms with E-state index in [-0.39, 0.29) is 11.2 Å². The van der Waals surface area contributed by atoms with Crippen LogP contribution in [0.2, 0.25) is 5.82 Å². The zero-order chi connectivity index (χ0) is 16.4. The Kier molecular flexibility index (Phi) is 4.85. The Morgan fingerprint density at radius 3 is 2.48 bits per heavy atom. The highest BCUT2D eigenvalue weighted by atomic mass is 14.5. The molecule has 0 saturated carbocycles. The van der Waals surface area contributed by atoms with Gasteiger partial charge in [0.1, 0.15) is 0 Å². The minimum Gasteiger partial charge on any atom is -0.0892 e. The van der Waals surface area contributed by atoms with Crippen LogP contribution in [0.5, 0.6) is 0 Å². The van der Waals surface area contributed by atoms with Gasteiger partial charge in [0.2, 0.25) is 0 Å². The largest absolute Gasteiger partial charge is 0.0892 e. The predicted molar refractivity (Wildman–Crippen MR) is 102 cm³/mol. The van der Waals surface area contributed by atoms with Crippen LogP contribution < -0.4 is 0 Å². The highest BCUT2D eigenvalue weighted by molar-refractivity contribution is 6.14. The molecule has 120 valence electrons. The van der Waals surface area contributed by atoms with Crippen molar-refractivity contribution in [2.24, 2.45) is 0 Å². The molecular formula is C22H29B. The number of allylic oxidation sites excluding steroid dienone is 4.